The number of furan rings is 1. The molecule has 1 aromatic heterocycles. The van der Waals surface area contributed by atoms with E-state index < -0.39 is 24.4 Å². The number of aliphatic hydroxyl groups is 1. The van der Waals surface area contributed by atoms with Crippen molar-refractivity contribution in [3.63, 3.8) is 0 Å². The second-order valence-electron chi connectivity index (χ2n) is 4.26. The Morgan fingerprint density at radius 2 is 2.39 bits per heavy atom. The summed E-state index contributed by atoms with van der Waals surface area (Å²) in [6.07, 6.45) is -2.49. The summed E-state index contributed by atoms with van der Waals surface area (Å²) in [6, 6.07) is 0. The number of ether oxygens (including phenoxy) is 1. The maximum Gasteiger partial charge on any atom is 0.341 e. The zero-order valence-electron chi connectivity index (χ0n) is 9.86. The highest BCUT2D eigenvalue weighted by Gasteiger charge is 2.36. The van der Waals surface area contributed by atoms with Gasteiger partial charge in [-0.2, -0.15) is 0 Å². The summed E-state index contributed by atoms with van der Waals surface area (Å²) in [4.78, 5) is 11.6. The van der Waals surface area contributed by atoms with Gasteiger partial charge < -0.3 is 14.3 Å². The second-order valence-corrected chi connectivity index (χ2v) is 4.26. The van der Waals surface area contributed by atoms with Gasteiger partial charge in [-0.25, -0.2) is 13.6 Å². The van der Waals surface area contributed by atoms with Crippen LogP contribution in [0.15, 0.2) is 10.7 Å². The Labute approximate surface area is 103 Å². The van der Waals surface area contributed by atoms with Crippen LogP contribution in [-0.2, 0) is 11.2 Å². The molecule has 0 bridgehead atoms. The van der Waals surface area contributed by atoms with Crippen LogP contribution in [0.4, 0.5) is 8.78 Å². The van der Waals surface area contributed by atoms with Gasteiger partial charge >= 0.3 is 5.97 Å². The van der Waals surface area contributed by atoms with E-state index in [1.165, 1.54) is 6.26 Å². The Morgan fingerprint density at radius 1 is 1.67 bits per heavy atom. The first-order valence-electron chi connectivity index (χ1n) is 5.78. The van der Waals surface area contributed by atoms with Crippen molar-refractivity contribution in [3.8, 4) is 0 Å². The number of carbonyl (C=O) groups excluding carboxylic acids is 1. The van der Waals surface area contributed by atoms with Crippen LogP contribution in [0.3, 0.4) is 0 Å². The number of carbonyl (C=O) groups is 1. The summed E-state index contributed by atoms with van der Waals surface area (Å²) in [5, 5.41) is 9.87. The lowest BCUT2D eigenvalue weighted by atomic mass is 9.85. The van der Waals surface area contributed by atoms with E-state index in [9.17, 15) is 18.7 Å². The van der Waals surface area contributed by atoms with Gasteiger partial charge in [-0.1, -0.05) is 0 Å². The predicted octanol–water partition coefficient (Wildman–Crippen LogP) is 2.32. The third kappa shape index (κ3) is 2.25. The topological polar surface area (TPSA) is 59.7 Å². The fourth-order valence-corrected chi connectivity index (χ4v) is 2.22. The molecule has 0 saturated heterocycles. The summed E-state index contributed by atoms with van der Waals surface area (Å²) >= 11 is 0. The van der Waals surface area contributed by atoms with Crippen molar-refractivity contribution in [3.05, 3.63) is 23.2 Å². The van der Waals surface area contributed by atoms with E-state index in [1.54, 1.807) is 6.92 Å². The number of halogens is 2. The molecule has 100 valence electrons. The molecule has 0 fully saturated rings. The van der Waals surface area contributed by atoms with Gasteiger partial charge in [-0.15, -0.1) is 0 Å². The molecule has 0 unspecified atom stereocenters. The highest BCUT2D eigenvalue weighted by molar-refractivity contribution is 5.91. The maximum atomic E-state index is 12.6. The minimum atomic E-state index is -2.51. The van der Waals surface area contributed by atoms with Crippen molar-refractivity contribution < 1.29 is 27.8 Å². The van der Waals surface area contributed by atoms with E-state index in [-0.39, 0.29) is 30.8 Å². The minimum Gasteiger partial charge on any atom is -0.468 e. The molecule has 0 radical (unpaired) electrons. The van der Waals surface area contributed by atoms with Gasteiger partial charge in [-0.05, 0) is 13.3 Å². The van der Waals surface area contributed by atoms with Crippen LogP contribution in [0.5, 0.6) is 0 Å². The van der Waals surface area contributed by atoms with Gasteiger partial charge in [0, 0.05) is 17.9 Å². The van der Waals surface area contributed by atoms with Crippen LogP contribution in [-0.4, -0.2) is 24.1 Å². The SMILES string of the molecule is CCOC(=O)c1coc2c1[C@@H](O)C[C@@H](C(F)F)C2. The predicted molar refractivity (Wildman–Crippen MR) is 57.4 cm³/mol. The number of rotatable bonds is 3. The normalized spacial score (nSPS) is 22.9. The van der Waals surface area contributed by atoms with E-state index in [0.29, 0.717) is 5.56 Å². The first-order chi connectivity index (χ1) is 8.54. The highest BCUT2D eigenvalue weighted by atomic mass is 19.3. The molecule has 0 aromatic carbocycles. The third-order valence-corrected chi connectivity index (χ3v) is 3.07. The number of hydrogen-bond acceptors (Lipinski definition) is 4. The van der Waals surface area contributed by atoms with Crippen molar-refractivity contribution in [1.29, 1.82) is 0 Å². The zero-order chi connectivity index (χ0) is 13.3. The summed E-state index contributed by atoms with van der Waals surface area (Å²) in [5.41, 5.74) is 0.428. The van der Waals surface area contributed by atoms with E-state index in [1.807, 2.05) is 0 Å². The molecule has 1 aliphatic rings. The van der Waals surface area contributed by atoms with Crippen LogP contribution >= 0.6 is 0 Å². The lowest BCUT2D eigenvalue weighted by Crippen LogP contribution is -2.24. The van der Waals surface area contributed by atoms with Gasteiger partial charge in [0.15, 0.2) is 0 Å². The molecule has 0 amide bonds. The van der Waals surface area contributed by atoms with Crippen molar-refractivity contribution in [1.82, 2.24) is 0 Å². The largest absolute Gasteiger partial charge is 0.468 e. The van der Waals surface area contributed by atoms with Gasteiger partial charge in [0.05, 0.1) is 12.7 Å². The van der Waals surface area contributed by atoms with Crippen LogP contribution in [0.1, 0.15) is 41.1 Å². The number of aliphatic hydroxyl groups excluding tert-OH is 1. The molecular formula is C12H14F2O4. The smallest absolute Gasteiger partial charge is 0.341 e. The monoisotopic (exact) mass is 260 g/mol. The van der Waals surface area contributed by atoms with Gasteiger partial charge in [0.25, 0.3) is 0 Å². The average Bonchev–Trinajstić information content (AvgIpc) is 2.73. The molecule has 1 N–H and O–H groups in total. The van der Waals surface area contributed by atoms with Gasteiger partial charge in [-0.3, -0.25) is 0 Å². The molecule has 18 heavy (non-hydrogen) atoms. The first-order valence-corrected chi connectivity index (χ1v) is 5.78. The van der Waals surface area contributed by atoms with E-state index in [4.69, 9.17) is 9.15 Å². The Balaban J connectivity index is 2.28. The number of fused-ring (bicyclic) bond motifs is 1. The second kappa shape index (κ2) is 5.06. The van der Waals surface area contributed by atoms with E-state index >= 15 is 0 Å². The van der Waals surface area contributed by atoms with Crippen molar-refractivity contribution in [2.45, 2.75) is 32.3 Å². The van der Waals surface area contributed by atoms with Crippen LogP contribution in [0.2, 0.25) is 0 Å². The lowest BCUT2D eigenvalue weighted by Gasteiger charge is -2.25. The van der Waals surface area contributed by atoms with E-state index in [0.717, 1.165) is 0 Å². The van der Waals surface area contributed by atoms with Gasteiger partial charge in [0.2, 0.25) is 6.43 Å². The fourth-order valence-electron chi connectivity index (χ4n) is 2.22. The molecule has 0 aliphatic heterocycles. The number of esters is 1. The Morgan fingerprint density at radius 3 is 3.00 bits per heavy atom. The summed E-state index contributed by atoms with van der Waals surface area (Å²) < 4.78 is 35.2. The van der Waals surface area contributed by atoms with Crippen LogP contribution in [0, 0.1) is 5.92 Å². The molecule has 4 nitrogen and oxygen atoms in total. The van der Waals surface area contributed by atoms with E-state index in [2.05, 4.69) is 0 Å². The maximum absolute atomic E-state index is 12.6. The molecule has 2 rings (SSSR count). The molecule has 0 spiro atoms. The molecule has 0 saturated carbocycles. The zero-order valence-corrected chi connectivity index (χ0v) is 9.86. The highest BCUT2D eigenvalue weighted by Crippen LogP contribution is 2.39. The molecule has 1 heterocycles. The standard InChI is InChI=1S/C12H14F2O4/c1-2-17-12(16)7-5-18-9-4-6(11(13)14)3-8(15)10(7)9/h5-6,8,11,15H,2-4H2,1H3/t6-,8+/m1/s1. The molecule has 6 heteroatoms. The summed E-state index contributed by atoms with van der Waals surface area (Å²) in [6.45, 7) is 1.86. The molecule has 1 aliphatic carbocycles. The fraction of sp³-hybridized carbons (Fsp3) is 0.583. The Hall–Kier alpha value is -1.43. The Bertz CT molecular complexity index is 441. The van der Waals surface area contributed by atoms with Crippen molar-refractivity contribution in [2.75, 3.05) is 6.61 Å². The van der Waals surface area contributed by atoms with Crippen LogP contribution in [0.25, 0.3) is 0 Å². The van der Waals surface area contributed by atoms with Gasteiger partial charge in [0.1, 0.15) is 17.6 Å². The lowest BCUT2D eigenvalue weighted by molar-refractivity contribution is 0.0254. The van der Waals surface area contributed by atoms with Crippen molar-refractivity contribution in [2.24, 2.45) is 5.92 Å². The summed E-state index contributed by atoms with van der Waals surface area (Å²) in [7, 11) is 0. The number of hydrogen-bond donors (Lipinski definition) is 1. The summed E-state index contributed by atoms with van der Waals surface area (Å²) in [5.74, 6) is -1.28. The first kappa shape index (κ1) is 13.0. The molecule has 1 aromatic rings. The van der Waals surface area contributed by atoms with Crippen molar-refractivity contribution >= 4 is 5.97 Å². The Kier molecular flexibility index (Phi) is 3.65. The average molecular weight is 260 g/mol. The third-order valence-electron chi connectivity index (χ3n) is 3.07. The quantitative estimate of drug-likeness (QED) is 0.847. The molecular weight excluding hydrogens is 246 g/mol. The molecule has 2 atom stereocenters. The number of alkyl halides is 2. The minimum absolute atomic E-state index is 0.0312. The van der Waals surface area contributed by atoms with Crippen LogP contribution < -0.4 is 0 Å².